The highest BCUT2D eigenvalue weighted by Gasteiger charge is 2.20. The van der Waals surface area contributed by atoms with E-state index in [0.717, 1.165) is 56.8 Å². The first kappa shape index (κ1) is 12.7. The minimum Gasteiger partial charge on any atom is -0.378 e. The predicted octanol–water partition coefficient (Wildman–Crippen LogP) is 1.59. The van der Waals surface area contributed by atoms with Crippen LogP contribution in [0.3, 0.4) is 0 Å². The fraction of sp³-hybridized carbons (Fsp3) is 0.714. The van der Waals surface area contributed by atoms with Crippen molar-refractivity contribution < 1.29 is 9.53 Å². The van der Waals surface area contributed by atoms with Gasteiger partial charge in [-0.25, -0.2) is 4.98 Å². The molecule has 0 unspecified atom stereocenters. The number of amides is 1. The Morgan fingerprint density at radius 3 is 3.16 bits per heavy atom. The molecule has 0 saturated carbocycles. The molecule has 0 bridgehead atoms. The van der Waals surface area contributed by atoms with Crippen LogP contribution in [-0.4, -0.2) is 35.1 Å². The molecule has 19 heavy (non-hydrogen) atoms. The molecule has 1 amide bonds. The van der Waals surface area contributed by atoms with Gasteiger partial charge in [-0.3, -0.25) is 4.79 Å². The van der Waals surface area contributed by atoms with Gasteiger partial charge in [-0.15, -0.1) is 0 Å². The van der Waals surface area contributed by atoms with E-state index in [0.29, 0.717) is 11.8 Å². The molecule has 104 valence electrons. The summed E-state index contributed by atoms with van der Waals surface area (Å²) in [6, 6.07) is 0. The number of nitrogens with one attached hydrogen (secondary N) is 2. The Bertz CT molecular complexity index is 450. The highest BCUT2D eigenvalue weighted by molar-refractivity contribution is 5.93. The Labute approximate surface area is 113 Å². The van der Waals surface area contributed by atoms with E-state index in [1.54, 1.807) is 0 Å². The maximum Gasteiger partial charge on any atom is 0.271 e. The van der Waals surface area contributed by atoms with Crippen LogP contribution in [0.5, 0.6) is 0 Å². The summed E-state index contributed by atoms with van der Waals surface area (Å²) in [7, 11) is 0. The van der Waals surface area contributed by atoms with Crippen LogP contribution in [0, 0.1) is 0 Å². The lowest BCUT2D eigenvalue weighted by Gasteiger charge is -2.07. The van der Waals surface area contributed by atoms with Gasteiger partial charge in [0.25, 0.3) is 5.91 Å². The molecule has 0 aliphatic carbocycles. The zero-order valence-electron chi connectivity index (χ0n) is 11.2. The number of H-pyrrole nitrogens is 1. The van der Waals surface area contributed by atoms with E-state index in [4.69, 9.17) is 4.74 Å². The molecule has 3 heterocycles. The van der Waals surface area contributed by atoms with E-state index in [9.17, 15) is 4.79 Å². The van der Waals surface area contributed by atoms with Gasteiger partial charge in [0.1, 0.15) is 11.5 Å². The predicted molar refractivity (Wildman–Crippen MR) is 71.2 cm³/mol. The average Bonchev–Trinajstić information content (AvgIpc) is 3.01. The summed E-state index contributed by atoms with van der Waals surface area (Å²) in [5.41, 5.74) is 1.60. The third kappa shape index (κ3) is 2.97. The SMILES string of the molecule is O=C1NCCCc2[nH]c(CCC[C@H]3CCCO3)nc21. The van der Waals surface area contributed by atoms with Crippen LogP contribution < -0.4 is 5.32 Å². The third-order valence-corrected chi connectivity index (χ3v) is 3.90. The molecule has 1 aromatic rings. The van der Waals surface area contributed by atoms with E-state index in [1.807, 2.05) is 0 Å². The molecule has 0 aromatic carbocycles. The summed E-state index contributed by atoms with van der Waals surface area (Å²) in [4.78, 5) is 19.6. The highest BCUT2D eigenvalue weighted by atomic mass is 16.5. The van der Waals surface area contributed by atoms with E-state index in [-0.39, 0.29) is 5.91 Å². The van der Waals surface area contributed by atoms with Crippen molar-refractivity contribution in [2.24, 2.45) is 0 Å². The van der Waals surface area contributed by atoms with Crippen LogP contribution in [0.15, 0.2) is 0 Å². The van der Waals surface area contributed by atoms with Crippen molar-refractivity contribution in [2.45, 2.75) is 51.0 Å². The molecule has 1 aromatic heterocycles. The number of ether oxygens (including phenoxy) is 1. The van der Waals surface area contributed by atoms with Gasteiger partial charge in [0.2, 0.25) is 0 Å². The summed E-state index contributed by atoms with van der Waals surface area (Å²) in [5, 5.41) is 2.87. The smallest absolute Gasteiger partial charge is 0.271 e. The van der Waals surface area contributed by atoms with E-state index in [2.05, 4.69) is 15.3 Å². The number of carbonyl (C=O) groups is 1. The largest absolute Gasteiger partial charge is 0.378 e. The lowest BCUT2D eigenvalue weighted by molar-refractivity contribution is 0.0951. The summed E-state index contributed by atoms with van der Waals surface area (Å²) in [6.07, 6.45) is 7.78. The van der Waals surface area contributed by atoms with Gasteiger partial charge in [0.05, 0.1) is 6.10 Å². The van der Waals surface area contributed by atoms with Crippen LogP contribution in [0.25, 0.3) is 0 Å². The number of hydrogen-bond acceptors (Lipinski definition) is 3. The zero-order valence-corrected chi connectivity index (χ0v) is 11.2. The lowest BCUT2D eigenvalue weighted by Crippen LogP contribution is -2.23. The number of nitrogens with zero attached hydrogens (tertiary/aromatic N) is 1. The van der Waals surface area contributed by atoms with Crippen molar-refractivity contribution in [3.8, 4) is 0 Å². The van der Waals surface area contributed by atoms with Gasteiger partial charge in [-0.1, -0.05) is 0 Å². The first-order valence-corrected chi connectivity index (χ1v) is 7.30. The Balaban J connectivity index is 1.56. The second kappa shape index (κ2) is 5.74. The molecule has 2 N–H and O–H groups in total. The standard InChI is InChI=1S/C14H21N3O2/c18-14-13-11(6-2-8-15-14)16-12(17-13)7-1-4-10-5-3-9-19-10/h10H,1-9H2,(H,15,18)(H,16,17)/t10-/m0/s1. The first-order chi connectivity index (χ1) is 9.33. The van der Waals surface area contributed by atoms with Gasteiger partial charge in [-0.05, 0) is 38.5 Å². The molecular weight excluding hydrogens is 242 g/mol. The van der Waals surface area contributed by atoms with Crippen molar-refractivity contribution in [3.63, 3.8) is 0 Å². The van der Waals surface area contributed by atoms with Crippen LogP contribution in [0.1, 0.15) is 54.1 Å². The van der Waals surface area contributed by atoms with E-state index >= 15 is 0 Å². The Morgan fingerprint density at radius 2 is 2.32 bits per heavy atom. The number of rotatable bonds is 4. The summed E-state index contributed by atoms with van der Waals surface area (Å²) >= 11 is 0. The number of aromatic nitrogens is 2. The first-order valence-electron chi connectivity index (χ1n) is 7.30. The number of carbonyl (C=O) groups excluding carboxylic acids is 1. The molecule has 1 saturated heterocycles. The van der Waals surface area contributed by atoms with Gasteiger partial charge >= 0.3 is 0 Å². The number of imidazole rings is 1. The van der Waals surface area contributed by atoms with Crippen LogP contribution >= 0.6 is 0 Å². The highest BCUT2D eigenvalue weighted by Crippen LogP contribution is 2.18. The van der Waals surface area contributed by atoms with Crippen molar-refractivity contribution in [3.05, 3.63) is 17.2 Å². The monoisotopic (exact) mass is 263 g/mol. The molecule has 3 rings (SSSR count). The number of aryl methyl sites for hydroxylation is 2. The minimum atomic E-state index is -0.0332. The minimum absolute atomic E-state index is 0.0332. The second-order valence-electron chi connectivity index (χ2n) is 5.40. The molecular formula is C14H21N3O2. The van der Waals surface area contributed by atoms with E-state index < -0.39 is 0 Å². The van der Waals surface area contributed by atoms with E-state index in [1.165, 1.54) is 12.8 Å². The molecule has 0 spiro atoms. The molecule has 2 aliphatic heterocycles. The normalized spacial score (nSPS) is 22.9. The van der Waals surface area contributed by atoms with Crippen LogP contribution in [0.4, 0.5) is 0 Å². The molecule has 0 radical (unpaired) electrons. The molecule has 1 fully saturated rings. The number of hydrogen-bond donors (Lipinski definition) is 2. The average molecular weight is 263 g/mol. The lowest BCUT2D eigenvalue weighted by atomic mass is 10.1. The van der Waals surface area contributed by atoms with Gasteiger partial charge in [0, 0.05) is 25.3 Å². The Kier molecular flexibility index (Phi) is 3.82. The van der Waals surface area contributed by atoms with Crippen molar-refractivity contribution in [2.75, 3.05) is 13.2 Å². The van der Waals surface area contributed by atoms with Crippen LogP contribution in [-0.2, 0) is 17.6 Å². The quantitative estimate of drug-likeness (QED) is 0.867. The molecule has 1 atom stereocenters. The molecule has 5 nitrogen and oxygen atoms in total. The fourth-order valence-corrected chi connectivity index (χ4v) is 2.87. The molecule has 5 heteroatoms. The van der Waals surface area contributed by atoms with Gasteiger partial charge < -0.3 is 15.0 Å². The summed E-state index contributed by atoms with van der Waals surface area (Å²) in [6.45, 7) is 1.66. The van der Waals surface area contributed by atoms with Gasteiger partial charge in [-0.2, -0.15) is 0 Å². The third-order valence-electron chi connectivity index (χ3n) is 3.90. The number of aromatic amines is 1. The fourth-order valence-electron chi connectivity index (χ4n) is 2.87. The summed E-state index contributed by atoms with van der Waals surface area (Å²) in [5.74, 6) is 0.911. The zero-order chi connectivity index (χ0) is 13.1. The summed E-state index contributed by atoms with van der Waals surface area (Å²) < 4.78 is 5.61. The van der Waals surface area contributed by atoms with Gasteiger partial charge in [0.15, 0.2) is 0 Å². The second-order valence-corrected chi connectivity index (χ2v) is 5.40. The molecule has 2 aliphatic rings. The van der Waals surface area contributed by atoms with Crippen molar-refractivity contribution in [1.29, 1.82) is 0 Å². The van der Waals surface area contributed by atoms with Crippen molar-refractivity contribution in [1.82, 2.24) is 15.3 Å². The van der Waals surface area contributed by atoms with Crippen molar-refractivity contribution >= 4 is 5.91 Å². The maximum atomic E-state index is 11.8. The Hall–Kier alpha value is -1.36. The number of fused-ring (bicyclic) bond motifs is 1. The Morgan fingerprint density at radius 1 is 1.37 bits per heavy atom. The van der Waals surface area contributed by atoms with Crippen LogP contribution in [0.2, 0.25) is 0 Å². The topological polar surface area (TPSA) is 67.0 Å². The maximum absolute atomic E-state index is 11.8.